The van der Waals surface area contributed by atoms with Gasteiger partial charge in [-0.2, -0.15) is 5.10 Å². The van der Waals surface area contributed by atoms with Gasteiger partial charge in [0.15, 0.2) is 0 Å². The number of rotatable bonds is 8. The summed E-state index contributed by atoms with van der Waals surface area (Å²) in [6.45, 7) is 3.01. The van der Waals surface area contributed by atoms with Crippen LogP contribution in [0.1, 0.15) is 24.1 Å². The van der Waals surface area contributed by atoms with Gasteiger partial charge >= 0.3 is 0 Å². The second-order valence-electron chi connectivity index (χ2n) is 3.97. The maximum atomic E-state index is 11.6. The van der Waals surface area contributed by atoms with Crippen molar-refractivity contribution in [2.24, 2.45) is 0 Å². The summed E-state index contributed by atoms with van der Waals surface area (Å²) in [5.41, 5.74) is 1.77. The van der Waals surface area contributed by atoms with E-state index in [-0.39, 0.29) is 5.75 Å². The highest BCUT2D eigenvalue weighted by molar-refractivity contribution is 7.89. The molecule has 6 nitrogen and oxygen atoms in total. The minimum Gasteiger partial charge on any atom is -0.320 e. The first-order valence-corrected chi connectivity index (χ1v) is 7.31. The van der Waals surface area contributed by atoms with Gasteiger partial charge in [0.25, 0.3) is 0 Å². The summed E-state index contributed by atoms with van der Waals surface area (Å²) in [6, 6.07) is 0. The Morgan fingerprint density at radius 1 is 1.41 bits per heavy atom. The molecule has 0 saturated carbocycles. The van der Waals surface area contributed by atoms with E-state index >= 15 is 0 Å². The molecule has 0 aliphatic carbocycles. The minimum atomic E-state index is -3.17. The molecule has 17 heavy (non-hydrogen) atoms. The van der Waals surface area contributed by atoms with Crippen molar-refractivity contribution in [1.82, 2.24) is 20.2 Å². The first-order valence-electron chi connectivity index (χ1n) is 5.66. The summed E-state index contributed by atoms with van der Waals surface area (Å²) in [4.78, 5) is 0. The molecule has 1 heterocycles. The first-order chi connectivity index (χ1) is 8.05. The molecule has 98 valence electrons. The van der Waals surface area contributed by atoms with Gasteiger partial charge in [0.2, 0.25) is 10.0 Å². The van der Waals surface area contributed by atoms with Gasteiger partial charge in [0.05, 0.1) is 11.9 Å². The predicted octanol–water partition coefficient (Wildman–Crippen LogP) is 0.137. The second kappa shape index (κ2) is 6.73. The molecule has 0 fully saturated rings. The van der Waals surface area contributed by atoms with Gasteiger partial charge in [-0.1, -0.05) is 0 Å². The van der Waals surface area contributed by atoms with E-state index in [2.05, 4.69) is 20.2 Å². The van der Waals surface area contributed by atoms with Crippen LogP contribution in [-0.4, -0.2) is 38.0 Å². The van der Waals surface area contributed by atoms with E-state index in [0.717, 1.165) is 24.2 Å². The van der Waals surface area contributed by atoms with Gasteiger partial charge in [-0.25, -0.2) is 13.1 Å². The van der Waals surface area contributed by atoms with E-state index in [1.54, 1.807) is 6.20 Å². The smallest absolute Gasteiger partial charge is 0.211 e. The van der Waals surface area contributed by atoms with E-state index in [9.17, 15) is 8.42 Å². The molecule has 0 aliphatic heterocycles. The minimum absolute atomic E-state index is 0.172. The largest absolute Gasteiger partial charge is 0.320 e. The third-order valence-electron chi connectivity index (χ3n) is 2.51. The fourth-order valence-corrected chi connectivity index (χ4v) is 2.51. The summed E-state index contributed by atoms with van der Waals surface area (Å²) in [5, 5.41) is 9.60. The van der Waals surface area contributed by atoms with E-state index in [0.29, 0.717) is 13.0 Å². The third kappa shape index (κ3) is 5.29. The van der Waals surface area contributed by atoms with Crippen LogP contribution in [0.5, 0.6) is 0 Å². The fraction of sp³-hybridized carbons (Fsp3) is 0.700. The van der Waals surface area contributed by atoms with Crippen molar-refractivity contribution in [1.29, 1.82) is 0 Å². The van der Waals surface area contributed by atoms with Crippen molar-refractivity contribution in [3.8, 4) is 0 Å². The maximum absolute atomic E-state index is 11.6. The number of aryl methyl sites for hydroxylation is 1. The Hall–Kier alpha value is -0.920. The Kier molecular flexibility index (Phi) is 5.60. The van der Waals surface area contributed by atoms with Crippen LogP contribution >= 0.6 is 0 Å². The molecule has 1 aromatic rings. The lowest BCUT2D eigenvalue weighted by atomic mass is 10.3. The zero-order valence-electron chi connectivity index (χ0n) is 10.3. The van der Waals surface area contributed by atoms with Crippen LogP contribution in [0.15, 0.2) is 6.20 Å². The molecular weight excluding hydrogens is 240 g/mol. The topological polar surface area (TPSA) is 86.9 Å². The first kappa shape index (κ1) is 14.1. The predicted molar refractivity (Wildman–Crippen MR) is 67.1 cm³/mol. The van der Waals surface area contributed by atoms with E-state index in [4.69, 9.17) is 0 Å². The molecule has 0 saturated heterocycles. The van der Waals surface area contributed by atoms with Gasteiger partial charge in [0.1, 0.15) is 0 Å². The molecule has 0 unspecified atom stereocenters. The summed E-state index contributed by atoms with van der Waals surface area (Å²) in [6.07, 6.45) is 3.17. The molecule has 0 atom stereocenters. The van der Waals surface area contributed by atoms with Crippen molar-refractivity contribution < 1.29 is 8.42 Å². The van der Waals surface area contributed by atoms with Gasteiger partial charge in [-0.3, -0.25) is 5.10 Å². The summed E-state index contributed by atoms with van der Waals surface area (Å²) < 4.78 is 25.8. The number of hydrogen-bond donors (Lipinski definition) is 3. The third-order valence-corrected chi connectivity index (χ3v) is 3.92. The van der Waals surface area contributed by atoms with Crippen molar-refractivity contribution in [2.75, 3.05) is 19.3 Å². The highest BCUT2D eigenvalue weighted by atomic mass is 32.2. The van der Waals surface area contributed by atoms with Crippen LogP contribution in [0.4, 0.5) is 0 Å². The lowest BCUT2D eigenvalue weighted by molar-refractivity contribution is 0.575. The zero-order valence-corrected chi connectivity index (χ0v) is 11.1. The molecule has 3 N–H and O–H groups in total. The molecule has 0 radical (unpaired) electrons. The highest BCUT2D eigenvalue weighted by Crippen LogP contribution is 2.03. The Morgan fingerprint density at radius 2 is 2.18 bits per heavy atom. The molecule has 0 aromatic carbocycles. The van der Waals surface area contributed by atoms with Gasteiger partial charge < -0.3 is 5.32 Å². The Labute approximate surface area is 102 Å². The van der Waals surface area contributed by atoms with Crippen LogP contribution < -0.4 is 10.0 Å². The summed E-state index contributed by atoms with van der Waals surface area (Å²) in [7, 11) is -1.32. The van der Waals surface area contributed by atoms with Crippen LogP contribution in [0.2, 0.25) is 0 Å². The number of unbranched alkanes of at least 4 members (excludes halogenated alkanes) is 1. The van der Waals surface area contributed by atoms with Crippen LogP contribution in [0, 0.1) is 6.92 Å². The van der Waals surface area contributed by atoms with Crippen LogP contribution in [0.3, 0.4) is 0 Å². The molecule has 1 rings (SSSR count). The number of nitrogens with zero attached hydrogens (tertiary/aromatic N) is 1. The zero-order chi connectivity index (χ0) is 12.7. The quantitative estimate of drug-likeness (QED) is 0.580. The number of nitrogens with one attached hydrogen (secondary N) is 3. The number of aromatic nitrogens is 2. The normalized spacial score (nSPS) is 11.9. The summed E-state index contributed by atoms with van der Waals surface area (Å²) in [5.74, 6) is 0.172. The fourth-order valence-electron chi connectivity index (χ4n) is 1.41. The van der Waals surface area contributed by atoms with Crippen LogP contribution in [0.25, 0.3) is 0 Å². The average molecular weight is 260 g/mol. The number of aromatic amines is 1. The maximum Gasteiger partial charge on any atom is 0.211 e. The number of hydrogen-bond acceptors (Lipinski definition) is 4. The van der Waals surface area contributed by atoms with Crippen molar-refractivity contribution in [3.63, 3.8) is 0 Å². The second-order valence-corrected chi connectivity index (χ2v) is 5.90. The lowest BCUT2D eigenvalue weighted by Gasteiger charge is -2.06. The standard InChI is InChI=1S/C10H20N4O2S/c1-9-10(7-12-14-9)8-13-17(15,16)6-4-3-5-11-2/h7,11,13H,3-6,8H2,1-2H3,(H,12,14). The van der Waals surface area contributed by atoms with Crippen molar-refractivity contribution >= 4 is 10.0 Å². The SMILES string of the molecule is CNCCCCS(=O)(=O)NCc1cn[nH]c1C. The average Bonchev–Trinajstić information content (AvgIpc) is 2.68. The van der Waals surface area contributed by atoms with E-state index in [1.807, 2.05) is 14.0 Å². The van der Waals surface area contributed by atoms with Crippen molar-refractivity contribution in [2.45, 2.75) is 26.3 Å². The monoisotopic (exact) mass is 260 g/mol. The molecular formula is C10H20N4O2S. The molecule has 0 aliphatic rings. The van der Waals surface area contributed by atoms with Crippen LogP contribution in [-0.2, 0) is 16.6 Å². The highest BCUT2D eigenvalue weighted by Gasteiger charge is 2.10. The molecule has 0 bridgehead atoms. The van der Waals surface area contributed by atoms with Gasteiger partial charge in [-0.15, -0.1) is 0 Å². The molecule has 0 amide bonds. The Balaban J connectivity index is 2.32. The van der Waals surface area contributed by atoms with E-state index in [1.165, 1.54) is 0 Å². The Morgan fingerprint density at radius 3 is 2.76 bits per heavy atom. The number of sulfonamides is 1. The lowest BCUT2D eigenvalue weighted by Crippen LogP contribution is -2.26. The van der Waals surface area contributed by atoms with Gasteiger partial charge in [0, 0.05) is 17.8 Å². The van der Waals surface area contributed by atoms with Crippen molar-refractivity contribution in [3.05, 3.63) is 17.5 Å². The van der Waals surface area contributed by atoms with Gasteiger partial charge in [-0.05, 0) is 33.4 Å². The number of H-pyrrole nitrogens is 1. The van der Waals surface area contributed by atoms with E-state index < -0.39 is 10.0 Å². The molecule has 1 aromatic heterocycles. The summed E-state index contributed by atoms with van der Waals surface area (Å²) >= 11 is 0. The molecule has 0 spiro atoms. The Bertz CT molecular complexity index is 427. The molecule has 7 heteroatoms.